The molecular formula is C12H26N2. The van der Waals surface area contributed by atoms with Gasteiger partial charge in [-0.25, -0.2) is 0 Å². The van der Waals surface area contributed by atoms with Crippen LogP contribution in [0.25, 0.3) is 0 Å². The molecule has 0 aromatic heterocycles. The summed E-state index contributed by atoms with van der Waals surface area (Å²) in [7, 11) is 0. The third-order valence-electron chi connectivity index (χ3n) is 3.32. The number of nitrogens with one attached hydrogen (secondary N) is 1. The second-order valence-electron chi connectivity index (χ2n) is 5.55. The highest BCUT2D eigenvalue weighted by Crippen LogP contribution is 2.23. The van der Waals surface area contributed by atoms with Crippen molar-refractivity contribution in [3.8, 4) is 0 Å². The Balaban J connectivity index is 2.46. The van der Waals surface area contributed by atoms with E-state index in [1.54, 1.807) is 0 Å². The van der Waals surface area contributed by atoms with Gasteiger partial charge in [-0.05, 0) is 39.7 Å². The summed E-state index contributed by atoms with van der Waals surface area (Å²) >= 11 is 0. The Morgan fingerprint density at radius 1 is 1.36 bits per heavy atom. The van der Waals surface area contributed by atoms with Crippen LogP contribution in [0.1, 0.15) is 41.0 Å². The summed E-state index contributed by atoms with van der Waals surface area (Å²) in [6.45, 7) is 15.1. The van der Waals surface area contributed by atoms with E-state index in [1.165, 1.54) is 19.5 Å². The molecule has 1 aliphatic rings. The summed E-state index contributed by atoms with van der Waals surface area (Å²) < 4.78 is 0. The van der Waals surface area contributed by atoms with Crippen molar-refractivity contribution in [1.29, 1.82) is 0 Å². The molecule has 2 atom stereocenters. The molecule has 0 aromatic rings. The summed E-state index contributed by atoms with van der Waals surface area (Å²) in [4.78, 5) is 2.60. The van der Waals surface area contributed by atoms with Gasteiger partial charge in [0.25, 0.3) is 0 Å². The zero-order valence-corrected chi connectivity index (χ0v) is 10.4. The van der Waals surface area contributed by atoms with Crippen LogP contribution in [0.5, 0.6) is 0 Å². The quantitative estimate of drug-likeness (QED) is 0.731. The Bertz CT molecular complexity index is 172. The maximum atomic E-state index is 3.58. The lowest BCUT2D eigenvalue weighted by atomic mass is 9.90. The van der Waals surface area contributed by atoms with Crippen molar-refractivity contribution >= 4 is 0 Å². The minimum atomic E-state index is 0.339. The SMILES string of the molecule is CCNC1CCN(C(C)(C)C)CC1C. The van der Waals surface area contributed by atoms with Crippen LogP contribution in [0, 0.1) is 5.92 Å². The van der Waals surface area contributed by atoms with Gasteiger partial charge in [0.1, 0.15) is 0 Å². The third-order valence-corrected chi connectivity index (χ3v) is 3.32. The second kappa shape index (κ2) is 4.63. The smallest absolute Gasteiger partial charge is 0.0125 e. The van der Waals surface area contributed by atoms with E-state index in [1.807, 2.05) is 0 Å². The van der Waals surface area contributed by atoms with E-state index in [0.717, 1.165) is 18.5 Å². The van der Waals surface area contributed by atoms with Crippen LogP contribution in [0.2, 0.25) is 0 Å². The molecule has 1 N–H and O–H groups in total. The first kappa shape index (κ1) is 12.0. The molecule has 0 aliphatic carbocycles. The van der Waals surface area contributed by atoms with Crippen LogP contribution < -0.4 is 5.32 Å². The molecule has 2 heteroatoms. The number of hydrogen-bond donors (Lipinski definition) is 1. The summed E-state index contributed by atoms with van der Waals surface area (Å²) in [6.07, 6.45) is 1.30. The Kier molecular flexibility index (Phi) is 3.96. The van der Waals surface area contributed by atoms with Gasteiger partial charge in [0, 0.05) is 24.7 Å². The molecule has 1 aliphatic heterocycles. The van der Waals surface area contributed by atoms with Gasteiger partial charge in [0.15, 0.2) is 0 Å². The maximum Gasteiger partial charge on any atom is 0.0125 e. The number of rotatable bonds is 2. The minimum absolute atomic E-state index is 0.339. The van der Waals surface area contributed by atoms with Gasteiger partial charge in [-0.2, -0.15) is 0 Å². The van der Waals surface area contributed by atoms with E-state index in [2.05, 4.69) is 44.8 Å². The molecule has 2 unspecified atom stereocenters. The second-order valence-corrected chi connectivity index (χ2v) is 5.55. The van der Waals surface area contributed by atoms with Crippen molar-refractivity contribution in [3.63, 3.8) is 0 Å². The van der Waals surface area contributed by atoms with Gasteiger partial charge >= 0.3 is 0 Å². The molecule has 84 valence electrons. The normalized spacial score (nSPS) is 30.6. The summed E-state index contributed by atoms with van der Waals surface area (Å²) in [5.41, 5.74) is 0.339. The Hall–Kier alpha value is -0.0800. The Morgan fingerprint density at radius 3 is 2.43 bits per heavy atom. The molecule has 14 heavy (non-hydrogen) atoms. The van der Waals surface area contributed by atoms with Crippen LogP contribution in [0.4, 0.5) is 0 Å². The molecule has 1 fully saturated rings. The summed E-state index contributed by atoms with van der Waals surface area (Å²) in [5.74, 6) is 0.780. The molecular weight excluding hydrogens is 172 g/mol. The lowest BCUT2D eigenvalue weighted by Gasteiger charge is -2.44. The molecule has 2 nitrogen and oxygen atoms in total. The minimum Gasteiger partial charge on any atom is -0.314 e. The van der Waals surface area contributed by atoms with Gasteiger partial charge < -0.3 is 5.32 Å². The average molecular weight is 198 g/mol. The van der Waals surface area contributed by atoms with E-state index in [-0.39, 0.29) is 0 Å². The molecule has 0 spiro atoms. The van der Waals surface area contributed by atoms with Crippen molar-refractivity contribution in [2.24, 2.45) is 5.92 Å². The number of likely N-dealkylation sites (tertiary alicyclic amines) is 1. The van der Waals surface area contributed by atoms with Crippen molar-refractivity contribution in [2.45, 2.75) is 52.6 Å². The highest BCUT2D eigenvalue weighted by molar-refractivity contribution is 4.87. The van der Waals surface area contributed by atoms with Crippen LogP contribution in [0.3, 0.4) is 0 Å². The first-order chi connectivity index (χ1) is 6.45. The van der Waals surface area contributed by atoms with Gasteiger partial charge in [0.2, 0.25) is 0 Å². The third kappa shape index (κ3) is 2.96. The van der Waals surface area contributed by atoms with E-state index in [9.17, 15) is 0 Å². The summed E-state index contributed by atoms with van der Waals surface area (Å²) in [5, 5.41) is 3.58. The van der Waals surface area contributed by atoms with E-state index in [4.69, 9.17) is 0 Å². The Labute approximate surface area is 89.1 Å². The molecule has 0 amide bonds. The molecule has 1 saturated heterocycles. The molecule has 0 saturated carbocycles. The molecule has 1 heterocycles. The Morgan fingerprint density at radius 2 is 2.00 bits per heavy atom. The predicted octanol–water partition coefficient (Wildman–Crippen LogP) is 2.10. The number of nitrogens with zero attached hydrogens (tertiary/aromatic N) is 1. The van der Waals surface area contributed by atoms with Crippen LogP contribution in [-0.2, 0) is 0 Å². The first-order valence-corrected chi connectivity index (χ1v) is 5.93. The topological polar surface area (TPSA) is 15.3 Å². The number of piperidine rings is 1. The van der Waals surface area contributed by atoms with Crippen LogP contribution >= 0.6 is 0 Å². The zero-order valence-electron chi connectivity index (χ0n) is 10.4. The van der Waals surface area contributed by atoms with Gasteiger partial charge in [-0.1, -0.05) is 13.8 Å². The lowest BCUT2D eigenvalue weighted by molar-refractivity contribution is 0.0659. The average Bonchev–Trinajstić information content (AvgIpc) is 2.07. The molecule has 0 radical (unpaired) electrons. The number of hydrogen-bond acceptors (Lipinski definition) is 2. The predicted molar refractivity (Wildman–Crippen MR) is 62.6 cm³/mol. The van der Waals surface area contributed by atoms with Gasteiger partial charge in [-0.15, -0.1) is 0 Å². The van der Waals surface area contributed by atoms with E-state index < -0.39 is 0 Å². The fraction of sp³-hybridized carbons (Fsp3) is 1.00. The summed E-state index contributed by atoms with van der Waals surface area (Å²) in [6, 6.07) is 0.735. The van der Waals surface area contributed by atoms with Crippen molar-refractivity contribution in [3.05, 3.63) is 0 Å². The largest absolute Gasteiger partial charge is 0.314 e. The molecule has 1 rings (SSSR count). The highest BCUT2D eigenvalue weighted by Gasteiger charge is 2.30. The fourth-order valence-electron chi connectivity index (χ4n) is 2.32. The van der Waals surface area contributed by atoms with E-state index >= 15 is 0 Å². The van der Waals surface area contributed by atoms with Crippen molar-refractivity contribution in [1.82, 2.24) is 10.2 Å². The monoisotopic (exact) mass is 198 g/mol. The molecule has 0 bridgehead atoms. The van der Waals surface area contributed by atoms with Crippen LogP contribution in [0.15, 0.2) is 0 Å². The van der Waals surface area contributed by atoms with E-state index in [0.29, 0.717) is 5.54 Å². The standard InChI is InChI=1S/C12H26N2/c1-6-13-11-7-8-14(9-10(11)2)12(3,4)5/h10-11,13H,6-9H2,1-5H3. The van der Waals surface area contributed by atoms with Gasteiger partial charge in [-0.3, -0.25) is 4.90 Å². The first-order valence-electron chi connectivity index (χ1n) is 5.93. The van der Waals surface area contributed by atoms with Crippen LogP contribution in [-0.4, -0.2) is 36.1 Å². The van der Waals surface area contributed by atoms with Crippen molar-refractivity contribution in [2.75, 3.05) is 19.6 Å². The molecule has 0 aromatic carbocycles. The zero-order chi connectivity index (χ0) is 10.8. The highest BCUT2D eigenvalue weighted by atomic mass is 15.2. The maximum absolute atomic E-state index is 3.58. The van der Waals surface area contributed by atoms with Crippen molar-refractivity contribution < 1.29 is 0 Å². The lowest BCUT2D eigenvalue weighted by Crippen LogP contribution is -2.53. The fourth-order valence-corrected chi connectivity index (χ4v) is 2.32. The van der Waals surface area contributed by atoms with Gasteiger partial charge in [0.05, 0.1) is 0 Å².